The van der Waals surface area contributed by atoms with Crippen molar-refractivity contribution in [3.63, 3.8) is 0 Å². The first kappa shape index (κ1) is 18.4. The number of thiazole rings is 2. The fourth-order valence-corrected chi connectivity index (χ4v) is 4.98. The highest BCUT2D eigenvalue weighted by molar-refractivity contribution is 7.13. The molecule has 6 nitrogen and oxygen atoms in total. The lowest BCUT2D eigenvalue weighted by atomic mass is 10.1. The minimum atomic E-state index is -1.05. The molecule has 4 rings (SSSR count). The number of nitrogens with zero attached hydrogens (tertiary/aromatic N) is 4. The maximum absolute atomic E-state index is 15.0. The number of hydrogen-bond donors (Lipinski definition) is 2. The Morgan fingerprint density at radius 1 is 0.778 bits per heavy atom. The molecule has 0 spiro atoms. The first-order valence-electron chi connectivity index (χ1n) is 7.88. The van der Waals surface area contributed by atoms with Crippen LogP contribution in [-0.2, 0) is 12.8 Å². The minimum Gasteiger partial charge on any atom is -0.396 e. The average molecular weight is 426 g/mol. The van der Waals surface area contributed by atoms with E-state index >= 15 is 8.78 Å². The molecular weight excluding hydrogens is 414 g/mol. The molecular formula is C16H12F2N4O2S3. The maximum atomic E-state index is 15.0. The van der Waals surface area contributed by atoms with Gasteiger partial charge in [0, 0.05) is 36.8 Å². The van der Waals surface area contributed by atoms with E-state index in [1.54, 1.807) is 10.8 Å². The van der Waals surface area contributed by atoms with Crippen molar-refractivity contribution in [2.45, 2.75) is 12.8 Å². The van der Waals surface area contributed by atoms with Crippen LogP contribution in [0, 0.1) is 11.6 Å². The summed E-state index contributed by atoms with van der Waals surface area (Å²) in [6, 6.07) is 0. The molecule has 11 heteroatoms. The zero-order valence-corrected chi connectivity index (χ0v) is 16.1. The van der Waals surface area contributed by atoms with Gasteiger partial charge in [-0.1, -0.05) is 0 Å². The van der Waals surface area contributed by atoms with E-state index < -0.39 is 11.6 Å². The SMILES string of the molecule is OCCc1csc(-c2c(F)c(F)c(-c3nc(CCO)cs3)c3nsnc23)n1. The zero-order valence-electron chi connectivity index (χ0n) is 13.6. The quantitative estimate of drug-likeness (QED) is 0.492. The van der Waals surface area contributed by atoms with Crippen LogP contribution >= 0.6 is 34.4 Å². The lowest BCUT2D eigenvalue weighted by Crippen LogP contribution is -1.98. The Bertz CT molecular complexity index is 1020. The first-order valence-corrected chi connectivity index (χ1v) is 10.4. The van der Waals surface area contributed by atoms with Crippen LogP contribution in [0.25, 0.3) is 32.2 Å². The molecule has 0 saturated heterocycles. The van der Waals surface area contributed by atoms with Crippen molar-refractivity contribution in [1.29, 1.82) is 0 Å². The van der Waals surface area contributed by atoms with Gasteiger partial charge in [-0.25, -0.2) is 18.7 Å². The molecule has 3 heterocycles. The monoisotopic (exact) mass is 426 g/mol. The summed E-state index contributed by atoms with van der Waals surface area (Å²) in [7, 11) is 0. The molecule has 0 saturated carbocycles. The highest BCUT2D eigenvalue weighted by Gasteiger charge is 2.27. The van der Waals surface area contributed by atoms with Crippen molar-refractivity contribution < 1.29 is 19.0 Å². The van der Waals surface area contributed by atoms with Gasteiger partial charge in [-0.2, -0.15) is 8.75 Å². The van der Waals surface area contributed by atoms with Gasteiger partial charge in [-0.15, -0.1) is 22.7 Å². The number of fused-ring (bicyclic) bond motifs is 1. The lowest BCUT2D eigenvalue weighted by molar-refractivity contribution is 0.298. The second kappa shape index (κ2) is 7.60. The van der Waals surface area contributed by atoms with Crippen LogP contribution in [0.4, 0.5) is 8.78 Å². The number of halogens is 2. The highest BCUT2D eigenvalue weighted by atomic mass is 32.1. The molecule has 0 bridgehead atoms. The lowest BCUT2D eigenvalue weighted by Gasteiger charge is -2.07. The number of rotatable bonds is 6. The Morgan fingerprint density at radius 3 is 1.63 bits per heavy atom. The maximum Gasteiger partial charge on any atom is 0.172 e. The molecule has 140 valence electrons. The van der Waals surface area contributed by atoms with Gasteiger partial charge in [-0.05, 0) is 0 Å². The van der Waals surface area contributed by atoms with Gasteiger partial charge in [-0.3, -0.25) is 0 Å². The largest absolute Gasteiger partial charge is 0.396 e. The number of aliphatic hydroxyl groups is 2. The number of hydrogen-bond acceptors (Lipinski definition) is 9. The Kier molecular flexibility index (Phi) is 5.19. The molecule has 27 heavy (non-hydrogen) atoms. The summed E-state index contributed by atoms with van der Waals surface area (Å²) >= 11 is 3.19. The van der Waals surface area contributed by atoms with Crippen LogP contribution in [0.2, 0.25) is 0 Å². The molecule has 0 aliphatic carbocycles. The molecule has 0 radical (unpaired) electrons. The van der Waals surface area contributed by atoms with Crippen molar-refractivity contribution in [3.05, 3.63) is 33.8 Å². The Morgan fingerprint density at radius 2 is 1.22 bits per heavy atom. The summed E-state index contributed by atoms with van der Waals surface area (Å²) in [4.78, 5) is 8.56. The van der Waals surface area contributed by atoms with Gasteiger partial charge in [0.05, 0.1) is 34.2 Å². The Hall–Kier alpha value is -1.92. The van der Waals surface area contributed by atoms with Crippen molar-refractivity contribution in [2.24, 2.45) is 0 Å². The van der Waals surface area contributed by atoms with E-state index in [2.05, 4.69) is 18.7 Å². The smallest absolute Gasteiger partial charge is 0.172 e. The van der Waals surface area contributed by atoms with Gasteiger partial charge < -0.3 is 10.2 Å². The summed E-state index contributed by atoms with van der Waals surface area (Å²) in [5, 5.41) is 22.0. The van der Waals surface area contributed by atoms with Gasteiger partial charge >= 0.3 is 0 Å². The molecule has 2 N–H and O–H groups in total. The van der Waals surface area contributed by atoms with Gasteiger partial charge in [0.25, 0.3) is 0 Å². The summed E-state index contributed by atoms with van der Waals surface area (Å²) in [6.45, 7) is -0.153. The normalized spacial score (nSPS) is 11.6. The van der Waals surface area contributed by atoms with Crippen LogP contribution in [0.1, 0.15) is 11.4 Å². The number of aliphatic hydroxyl groups excluding tert-OH is 2. The molecule has 0 unspecified atom stereocenters. The van der Waals surface area contributed by atoms with Gasteiger partial charge in [0.15, 0.2) is 11.6 Å². The van der Waals surface area contributed by atoms with E-state index in [0.29, 0.717) is 34.2 Å². The summed E-state index contributed by atoms with van der Waals surface area (Å²) < 4.78 is 38.3. The van der Waals surface area contributed by atoms with Crippen LogP contribution < -0.4 is 0 Å². The third kappa shape index (κ3) is 3.25. The van der Waals surface area contributed by atoms with Crippen LogP contribution in [0.5, 0.6) is 0 Å². The van der Waals surface area contributed by atoms with Crippen LogP contribution in [0.15, 0.2) is 10.8 Å². The summed E-state index contributed by atoms with van der Waals surface area (Å²) in [5.41, 5.74) is 1.62. The standard InChI is InChI=1S/C16H12F2N4O2S3/c17-11-9(15-19-7(1-3-23)5-25-15)13-14(22-27-21-13)10(12(11)18)16-20-8(2-4-24)6-26-16/h5-6,23-24H,1-4H2. The van der Waals surface area contributed by atoms with Crippen molar-refractivity contribution in [3.8, 4) is 21.1 Å². The molecule has 0 aliphatic heterocycles. The fourth-order valence-electron chi connectivity index (χ4n) is 2.64. The second-order valence-electron chi connectivity index (χ2n) is 5.57. The summed E-state index contributed by atoms with van der Waals surface area (Å²) in [5.74, 6) is -2.09. The second-order valence-corrected chi connectivity index (χ2v) is 7.82. The van der Waals surface area contributed by atoms with Crippen LogP contribution in [0.3, 0.4) is 0 Å². The average Bonchev–Trinajstić information content (AvgIpc) is 3.39. The predicted molar refractivity (Wildman–Crippen MR) is 101 cm³/mol. The molecule has 4 aromatic rings. The Balaban J connectivity index is 1.90. The molecule has 0 aliphatic rings. The van der Waals surface area contributed by atoms with E-state index in [0.717, 1.165) is 34.4 Å². The third-order valence-electron chi connectivity index (χ3n) is 3.86. The Labute approximate surface area is 164 Å². The predicted octanol–water partition coefficient (Wildman–Crippen LogP) is 3.29. The van der Waals surface area contributed by atoms with Crippen molar-refractivity contribution >= 4 is 45.4 Å². The van der Waals surface area contributed by atoms with E-state index in [-0.39, 0.29) is 35.4 Å². The highest BCUT2D eigenvalue weighted by Crippen LogP contribution is 2.41. The summed E-state index contributed by atoms with van der Waals surface area (Å²) in [6.07, 6.45) is 0.674. The van der Waals surface area contributed by atoms with E-state index in [4.69, 9.17) is 10.2 Å². The topological polar surface area (TPSA) is 92.0 Å². The van der Waals surface area contributed by atoms with Gasteiger partial charge in [0.2, 0.25) is 0 Å². The number of aromatic nitrogens is 4. The molecule has 0 fully saturated rings. The molecule has 3 aromatic heterocycles. The molecule has 0 atom stereocenters. The molecule has 1 aromatic carbocycles. The third-order valence-corrected chi connectivity index (χ3v) is 6.21. The van der Waals surface area contributed by atoms with Crippen molar-refractivity contribution in [2.75, 3.05) is 13.2 Å². The minimum absolute atomic E-state index is 0.0265. The van der Waals surface area contributed by atoms with E-state index in [9.17, 15) is 0 Å². The van der Waals surface area contributed by atoms with E-state index in [1.165, 1.54) is 0 Å². The van der Waals surface area contributed by atoms with Crippen molar-refractivity contribution in [1.82, 2.24) is 18.7 Å². The fraction of sp³-hybridized carbons (Fsp3) is 0.250. The zero-order chi connectivity index (χ0) is 19.0. The first-order chi connectivity index (χ1) is 13.1. The van der Waals surface area contributed by atoms with E-state index in [1.807, 2.05) is 0 Å². The number of benzene rings is 1. The van der Waals surface area contributed by atoms with Crippen LogP contribution in [-0.4, -0.2) is 42.1 Å². The molecule has 0 amide bonds. The van der Waals surface area contributed by atoms with Gasteiger partial charge in [0.1, 0.15) is 21.0 Å².